The molecule has 0 spiro atoms. The zero-order chi connectivity index (χ0) is 12.9. The summed E-state index contributed by atoms with van der Waals surface area (Å²) in [6, 6.07) is 3.99. The molecule has 4 nitrogen and oxygen atoms in total. The highest BCUT2D eigenvalue weighted by molar-refractivity contribution is 5.74. The maximum Gasteiger partial charge on any atom is 0.283 e. The molecule has 1 aromatic rings. The molecule has 4 N–H and O–H groups in total. The molecule has 0 amide bonds. The molecule has 3 rings (SSSR count). The molecular weight excluding hydrogens is 240 g/mol. The Morgan fingerprint density at radius 2 is 2.22 bits per heavy atom. The van der Waals surface area contributed by atoms with Gasteiger partial charge in [-0.2, -0.15) is 0 Å². The van der Waals surface area contributed by atoms with Crippen molar-refractivity contribution in [2.75, 3.05) is 12.4 Å². The van der Waals surface area contributed by atoms with Crippen molar-refractivity contribution in [2.45, 2.75) is 18.1 Å². The zero-order valence-electron chi connectivity index (χ0n) is 9.57. The molecule has 2 aliphatic rings. The summed E-state index contributed by atoms with van der Waals surface area (Å²) < 4.78 is 32.7. The molecule has 18 heavy (non-hydrogen) atoms. The van der Waals surface area contributed by atoms with E-state index in [2.05, 4.69) is 4.99 Å². The highest BCUT2D eigenvalue weighted by atomic mass is 19.1. The van der Waals surface area contributed by atoms with Gasteiger partial charge in [-0.05, 0) is 24.6 Å². The average Bonchev–Trinajstić information content (AvgIpc) is 3.10. The Bertz CT molecular complexity index is 534. The Kier molecular flexibility index (Phi) is 2.23. The van der Waals surface area contributed by atoms with Gasteiger partial charge in [-0.25, -0.2) is 13.8 Å². The number of hydrogen-bond acceptors (Lipinski definition) is 4. The summed E-state index contributed by atoms with van der Waals surface area (Å²) in [7, 11) is 0. The van der Waals surface area contributed by atoms with Gasteiger partial charge in [-0.1, -0.05) is 0 Å². The van der Waals surface area contributed by atoms with Crippen molar-refractivity contribution in [3.63, 3.8) is 0 Å². The molecular formula is C12H13F2N3O. The van der Waals surface area contributed by atoms with Crippen LogP contribution in [-0.4, -0.2) is 18.8 Å². The summed E-state index contributed by atoms with van der Waals surface area (Å²) in [5, 5.41) is 0. The van der Waals surface area contributed by atoms with Crippen molar-refractivity contribution in [1.29, 1.82) is 0 Å². The summed E-state index contributed by atoms with van der Waals surface area (Å²) >= 11 is 0. The standard InChI is InChI=1S/C12H13F2N3O/c13-5-12(7-3-6(15)1-2-9(7)14)8-4-10(8)18-11(16)17-12/h1-3,8,10H,4-5,15H2,(H2,16,17). The van der Waals surface area contributed by atoms with Crippen LogP contribution in [0.25, 0.3) is 0 Å². The van der Waals surface area contributed by atoms with Gasteiger partial charge in [0, 0.05) is 17.2 Å². The molecule has 1 fully saturated rings. The first kappa shape index (κ1) is 11.3. The topological polar surface area (TPSA) is 73.6 Å². The fraction of sp³-hybridized carbons (Fsp3) is 0.417. The molecule has 1 aromatic carbocycles. The third kappa shape index (κ3) is 1.45. The van der Waals surface area contributed by atoms with E-state index in [1.807, 2.05) is 0 Å². The van der Waals surface area contributed by atoms with Crippen molar-refractivity contribution in [2.24, 2.45) is 16.6 Å². The minimum absolute atomic E-state index is 0.0896. The van der Waals surface area contributed by atoms with E-state index in [9.17, 15) is 8.78 Å². The van der Waals surface area contributed by atoms with Gasteiger partial charge in [0.15, 0.2) is 0 Å². The predicted molar refractivity (Wildman–Crippen MR) is 63.1 cm³/mol. The third-order valence-electron chi connectivity index (χ3n) is 3.59. The molecule has 0 bridgehead atoms. The highest BCUT2D eigenvalue weighted by Gasteiger charge is 2.59. The number of nitrogens with zero attached hydrogens (tertiary/aromatic N) is 1. The average molecular weight is 253 g/mol. The Hall–Kier alpha value is -1.85. The molecule has 1 heterocycles. The molecule has 3 atom stereocenters. The molecule has 0 aromatic heterocycles. The van der Waals surface area contributed by atoms with Gasteiger partial charge in [0.25, 0.3) is 6.02 Å². The number of alkyl halides is 1. The molecule has 1 aliphatic carbocycles. The predicted octanol–water partition coefficient (Wildman–Crippen LogP) is 1.31. The van der Waals surface area contributed by atoms with E-state index in [1.165, 1.54) is 18.2 Å². The lowest BCUT2D eigenvalue weighted by Gasteiger charge is -2.31. The van der Waals surface area contributed by atoms with Crippen LogP contribution in [0.3, 0.4) is 0 Å². The van der Waals surface area contributed by atoms with Crippen LogP contribution in [0, 0.1) is 11.7 Å². The van der Waals surface area contributed by atoms with Crippen LogP contribution >= 0.6 is 0 Å². The maximum atomic E-state index is 13.9. The summed E-state index contributed by atoms with van der Waals surface area (Å²) in [4.78, 5) is 4.03. The molecule has 0 saturated heterocycles. The molecule has 1 saturated carbocycles. The lowest BCUT2D eigenvalue weighted by molar-refractivity contribution is 0.168. The van der Waals surface area contributed by atoms with E-state index < -0.39 is 18.0 Å². The number of amidine groups is 1. The second-order valence-electron chi connectivity index (χ2n) is 4.75. The SMILES string of the molecule is NC1=NC(CF)(c2cc(N)ccc2F)C2CC2O1. The van der Waals surface area contributed by atoms with Crippen molar-refractivity contribution in [3.05, 3.63) is 29.6 Å². The van der Waals surface area contributed by atoms with Crippen molar-refractivity contribution in [3.8, 4) is 0 Å². The first-order chi connectivity index (χ1) is 8.56. The number of ether oxygens (including phenoxy) is 1. The number of hydrogen-bond donors (Lipinski definition) is 2. The quantitative estimate of drug-likeness (QED) is 0.780. The monoisotopic (exact) mass is 253 g/mol. The Morgan fingerprint density at radius 3 is 2.94 bits per heavy atom. The first-order valence-electron chi connectivity index (χ1n) is 5.70. The smallest absolute Gasteiger partial charge is 0.283 e. The Labute approximate surface area is 103 Å². The van der Waals surface area contributed by atoms with E-state index in [0.29, 0.717) is 12.1 Å². The Balaban J connectivity index is 2.16. The van der Waals surface area contributed by atoms with Crippen molar-refractivity contribution < 1.29 is 13.5 Å². The van der Waals surface area contributed by atoms with Crippen LogP contribution in [-0.2, 0) is 10.3 Å². The molecule has 96 valence electrons. The minimum atomic E-state index is -1.29. The number of rotatable bonds is 2. The number of halogens is 2. The lowest BCUT2D eigenvalue weighted by atomic mass is 9.85. The van der Waals surface area contributed by atoms with Crippen LogP contribution in [0.5, 0.6) is 0 Å². The van der Waals surface area contributed by atoms with Crippen LogP contribution in [0.2, 0.25) is 0 Å². The van der Waals surface area contributed by atoms with Gasteiger partial charge in [-0.15, -0.1) is 0 Å². The van der Waals surface area contributed by atoms with Crippen LogP contribution < -0.4 is 11.5 Å². The van der Waals surface area contributed by atoms with Gasteiger partial charge in [0.05, 0.1) is 0 Å². The van der Waals surface area contributed by atoms with E-state index in [-0.39, 0.29) is 23.6 Å². The third-order valence-corrected chi connectivity index (χ3v) is 3.59. The fourth-order valence-corrected chi connectivity index (χ4v) is 2.60. The second-order valence-corrected chi connectivity index (χ2v) is 4.75. The largest absolute Gasteiger partial charge is 0.462 e. The van der Waals surface area contributed by atoms with E-state index in [4.69, 9.17) is 16.2 Å². The first-order valence-corrected chi connectivity index (χ1v) is 5.70. The molecule has 0 radical (unpaired) electrons. The van der Waals surface area contributed by atoms with Crippen molar-refractivity contribution in [1.82, 2.24) is 0 Å². The Morgan fingerprint density at radius 1 is 1.44 bits per heavy atom. The number of aliphatic imine (C=N–C) groups is 1. The fourth-order valence-electron chi connectivity index (χ4n) is 2.60. The molecule has 1 aliphatic heterocycles. The number of benzene rings is 1. The maximum absolute atomic E-state index is 13.9. The van der Waals surface area contributed by atoms with Gasteiger partial charge in [0.2, 0.25) is 0 Å². The second kappa shape index (κ2) is 3.57. The normalized spacial score (nSPS) is 33.3. The van der Waals surface area contributed by atoms with Gasteiger partial charge in [0.1, 0.15) is 24.1 Å². The van der Waals surface area contributed by atoms with E-state index in [1.54, 1.807) is 0 Å². The molecule has 6 heteroatoms. The summed E-state index contributed by atoms with van der Waals surface area (Å²) in [5.41, 5.74) is 10.4. The van der Waals surface area contributed by atoms with E-state index >= 15 is 0 Å². The summed E-state index contributed by atoms with van der Waals surface area (Å²) in [5.74, 6) is -0.697. The number of fused-ring (bicyclic) bond motifs is 1. The number of nitrogen functional groups attached to an aromatic ring is 1. The van der Waals surface area contributed by atoms with Crippen LogP contribution in [0.1, 0.15) is 12.0 Å². The van der Waals surface area contributed by atoms with Crippen LogP contribution in [0.4, 0.5) is 14.5 Å². The lowest BCUT2D eigenvalue weighted by Crippen LogP contribution is -2.39. The van der Waals surface area contributed by atoms with Crippen molar-refractivity contribution >= 4 is 11.7 Å². The minimum Gasteiger partial charge on any atom is -0.462 e. The van der Waals surface area contributed by atoms with Crippen LogP contribution in [0.15, 0.2) is 23.2 Å². The highest BCUT2D eigenvalue weighted by Crippen LogP contribution is 2.53. The van der Waals surface area contributed by atoms with Gasteiger partial charge in [-0.3, -0.25) is 0 Å². The zero-order valence-corrected chi connectivity index (χ0v) is 9.57. The number of nitrogens with two attached hydrogens (primary N) is 2. The molecule has 3 unspecified atom stereocenters. The van der Waals surface area contributed by atoms with E-state index in [0.717, 1.165) is 0 Å². The van der Waals surface area contributed by atoms with Gasteiger partial charge < -0.3 is 16.2 Å². The summed E-state index contributed by atoms with van der Waals surface area (Å²) in [6.45, 7) is -0.821. The van der Waals surface area contributed by atoms with Gasteiger partial charge >= 0.3 is 0 Å². The number of anilines is 1. The summed E-state index contributed by atoms with van der Waals surface area (Å²) in [6.07, 6.45) is 0.460.